The normalized spacial score (nSPS) is 24.9. The largest absolute Gasteiger partial charge is 0.313 e. The molecule has 0 amide bonds. The Labute approximate surface area is 69.1 Å². The van der Waals surface area contributed by atoms with E-state index in [0.717, 1.165) is 13.1 Å². The molecule has 1 rings (SSSR count). The maximum atomic E-state index is 3.66. The lowest BCUT2D eigenvalue weighted by atomic mass is 10.1. The van der Waals surface area contributed by atoms with Gasteiger partial charge in [0.25, 0.3) is 0 Å². The number of hydrogen-bond donors (Lipinski definition) is 2. The van der Waals surface area contributed by atoms with Crippen LogP contribution in [0.3, 0.4) is 0 Å². The Morgan fingerprint density at radius 1 is 1.55 bits per heavy atom. The van der Waals surface area contributed by atoms with Crippen molar-refractivity contribution in [3.05, 3.63) is 12.7 Å². The Balaban J connectivity index is 2.00. The number of nitrogens with one attached hydrogen (secondary N) is 2. The van der Waals surface area contributed by atoms with Gasteiger partial charge in [0.15, 0.2) is 0 Å². The lowest BCUT2D eigenvalue weighted by molar-refractivity contribution is 0.388. The smallest absolute Gasteiger partial charge is 0.0192 e. The first-order valence-corrected chi connectivity index (χ1v) is 4.48. The van der Waals surface area contributed by atoms with Crippen LogP contribution in [-0.2, 0) is 0 Å². The first-order chi connectivity index (χ1) is 5.43. The predicted octanol–water partition coefficient (Wildman–Crippen LogP) is 0.904. The predicted molar refractivity (Wildman–Crippen MR) is 48.7 cm³/mol. The lowest BCUT2D eigenvalue weighted by Crippen LogP contribution is -2.41. The summed E-state index contributed by atoms with van der Waals surface area (Å²) in [5.74, 6) is 0. The molecule has 1 unspecified atom stereocenters. The number of rotatable bonds is 4. The molecule has 0 aliphatic carbocycles. The molecule has 1 aliphatic heterocycles. The molecule has 2 nitrogen and oxygen atoms in total. The fourth-order valence-corrected chi connectivity index (χ4v) is 1.46. The SMILES string of the molecule is C=CCNCC1CCCCN1. The van der Waals surface area contributed by atoms with E-state index in [1.165, 1.54) is 25.8 Å². The Kier molecular flexibility index (Phi) is 4.24. The van der Waals surface area contributed by atoms with Gasteiger partial charge in [-0.15, -0.1) is 6.58 Å². The Hall–Kier alpha value is -0.340. The minimum atomic E-state index is 0.698. The number of hydrogen-bond acceptors (Lipinski definition) is 2. The Bertz CT molecular complexity index is 106. The summed E-state index contributed by atoms with van der Waals surface area (Å²) < 4.78 is 0. The van der Waals surface area contributed by atoms with Gasteiger partial charge in [-0.3, -0.25) is 0 Å². The van der Waals surface area contributed by atoms with E-state index in [4.69, 9.17) is 0 Å². The molecule has 64 valence electrons. The van der Waals surface area contributed by atoms with Gasteiger partial charge < -0.3 is 10.6 Å². The molecule has 1 atom stereocenters. The minimum absolute atomic E-state index is 0.698. The summed E-state index contributed by atoms with van der Waals surface area (Å²) in [7, 11) is 0. The second kappa shape index (κ2) is 5.33. The molecule has 0 aromatic carbocycles. The molecule has 0 bridgehead atoms. The summed E-state index contributed by atoms with van der Waals surface area (Å²) >= 11 is 0. The third-order valence-corrected chi connectivity index (χ3v) is 2.09. The molecule has 0 aromatic heterocycles. The van der Waals surface area contributed by atoms with E-state index in [2.05, 4.69) is 17.2 Å². The Morgan fingerprint density at radius 3 is 3.09 bits per heavy atom. The first kappa shape index (κ1) is 8.75. The summed E-state index contributed by atoms with van der Waals surface area (Å²) in [6.07, 6.45) is 5.96. The topological polar surface area (TPSA) is 24.1 Å². The van der Waals surface area contributed by atoms with Crippen molar-refractivity contribution in [2.24, 2.45) is 0 Å². The number of piperidine rings is 1. The van der Waals surface area contributed by atoms with Crippen molar-refractivity contribution in [3.8, 4) is 0 Å². The van der Waals surface area contributed by atoms with Gasteiger partial charge in [0, 0.05) is 19.1 Å². The van der Waals surface area contributed by atoms with Gasteiger partial charge in [0.05, 0.1) is 0 Å². The van der Waals surface area contributed by atoms with Gasteiger partial charge in [0.2, 0.25) is 0 Å². The summed E-state index contributed by atoms with van der Waals surface area (Å²) in [5.41, 5.74) is 0. The molecule has 0 aromatic rings. The molecule has 1 fully saturated rings. The van der Waals surface area contributed by atoms with Crippen molar-refractivity contribution in [1.82, 2.24) is 10.6 Å². The van der Waals surface area contributed by atoms with Crippen LogP contribution < -0.4 is 10.6 Å². The van der Waals surface area contributed by atoms with Crippen LogP contribution in [0.25, 0.3) is 0 Å². The van der Waals surface area contributed by atoms with Gasteiger partial charge in [-0.25, -0.2) is 0 Å². The van der Waals surface area contributed by atoms with E-state index in [-0.39, 0.29) is 0 Å². The maximum absolute atomic E-state index is 3.66. The van der Waals surface area contributed by atoms with Crippen molar-refractivity contribution in [3.63, 3.8) is 0 Å². The van der Waals surface area contributed by atoms with Gasteiger partial charge in [-0.05, 0) is 19.4 Å². The third kappa shape index (κ3) is 3.54. The lowest BCUT2D eigenvalue weighted by Gasteiger charge is -2.23. The van der Waals surface area contributed by atoms with Crippen LogP contribution in [0.5, 0.6) is 0 Å². The van der Waals surface area contributed by atoms with Crippen LogP contribution in [-0.4, -0.2) is 25.7 Å². The van der Waals surface area contributed by atoms with Gasteiger partial charge >= 0.3 is 0 Å². The quantitative estimate of drug-likeness (QED) is 0.464. The van der Waals surface area contributed by atoms with Crippen molar-refractivity contribution in [1.29, 1.82) is 0 Å². The van der Waals surface area contributed by atoms with Crippen LogP contribution in [0.2, 0.25) is 0 Å². The highest BCUT2D eigenvalue weighted by molar-refractivity contribution is 4.77. The molecule has 0 saturated carbocycles. The van der Waals surface area contributed by atoms with Crippen LogP contribution in [0.1, 0.15) is 19.3 Å². The van der Waals surface area contributed by atoms with E-state index in [9.17, 15) is 0 Å². The highest BCUT2D eigenvalue weighted by atomic mass is 15.0. The summed E-state index contributed by atoms with van der Waals surface area (Å²) in [4.78, 5) is 0. The summed E-state index contributed by atoms with van der Waals surface area (Å²) in [6, 6.07) is 0.698. The highest BCUT2D eigenvalue weighted by Gasteiger charge is 2.10. The monoisotopic (exact) mass is 154 g/mol. The molecular formula is C9H18N2. The van der Waals surface area contributed by atoms with E-state index in [1.807, 2.05) is 6.08 Å². The van der Waals surface area contributed by atoms with Gasteiger partial charge in [-0.1, -0.05) is 12.5 Å². The maximum Gasteiger partial charge on any atom is 0.0192 e. The van der Waals surface area contributed by atoms with Crippen LogP contribution in [0, 0.1) is 0 Å². The molecule has 2 heteroatoms. The van der Waals surface area contributed by atoms with E-state index in [1.54, 1.807) is 0 Å². The molecule has 1 heterocycles. The fourth-order valence-electron chi connectivity index (χ4n) is 1.46. The zero-order valence-electron chi connectivity index (χ0n) is 7.10. The fraction of sp³-hybridized carbons (Fsp3) is 0.778. The van der Waals surface area contributed by atoms with Crippen LogP contribution >= 0.6 is 0 Å². The molecule has 11 heavy (non-hydrogen) atoms. The Morgan fingerprint density at radius 2 is 2.45 bits per heavy atom. The molecule has 0 spiro atoms. The molecule has 1 aliphatic rings. The van der Waals surface area contributed by atoms with Gasteiger partial charge in [0.1, 0.15) is 0 Å². The van der Waals surface area contributed by atoms with Crippen molar-refractivity contribution >= 4 is 0 Å². The molecule has 0 radical (unpaired) electrons. The minimum Gasteiger partial charge on any atom is -0.313 e. The van der Waals surface area contributed by atoms with Crippen molar-refractivity contribution < 1.29 is 0 Å². The second-order valence-corrected chi connectivity index (χ2v) is 3.09. The van der Waals surface area contributed by atoms with Crippen molar-refractivity contribution in [2.75, 3.05) is 19.6 Å². The zero-order valence-corrected chi connectivity index (χ0v) is 7.10. The van der Waals surface area contributed by atoms with Crippen LogP contribution in [0.4, 0.5) is 0 Å². The summed E-state index contributed by atoms with van der Waals surface area (Å²) in [6.45, 7) is 6.87. The van der Waals surface area contributed by atoms with E-state index in [0.29, 0.717) is 6.04 Å². The zero-order chi connectivity index (χ0) is 7.94. The van der Waals surface area contributed by atoms with E-state index >= 15 is 0 Å². The second-order valence-electron chi connectivity index (χ2n) is 3.09. The first-order valence-electron chi connectivity index (χ1n) is 4.48. The van der Waals surface area contributed by atoms with Crippen molar-refractivity contribution in [2.45, 2.75) is 25.3 Å². The molecule has 2 N–H and O–H groups in total. The molecular weight excluding hydrogens is 136 g/mol. The standard InChI is InChI=1S/C9H18N2/c1-2-6-10-8-9-5-3-4-7-11-9/h2,9-11H,1,3-8H2. The average molecular weight is 154 g/mol. The van der Waals surface area contributed by atoms with Crippen LogP contribution in [0.15, 0.2) is 12.7 Å². The summed E-state index contributed by atoms with van der Waals surface area (Å²) in [5, 5.41) is 6.81. The molecule has 1 saturated heterocycles. The van der Waals surface area contributed by atoms with Gasteiger partial charge in [-0.2, -0.15) is 0 Å². The third-order valence-electron chi connectivity index (χ3n) is 2.09. The highest BCUT2D eigenvalue weighted by Crippen LogP contribution is 2.05. The average Bonchev–Trinajstić information content (AvgIpc) is 2.07. The van der Waals surface area contributed by atoms with E-state index < -0.39 is 0 Å².